The minimum atomic E-state index is -2.90. The Morgan fingerprint density at radius 3 is 2.50 bits per heavy atom. The summed E-state index contributed by atoms with van der Waals surface area (Å²) in [5, 5.41) is 3.43. The number of anilines is 2. The molecule has 3 N–H and O–H groups in total. The second-order valence-electron chi connectivity index (χ2n) is 8.00. The van der Waals surface area contributed by atoms with Crippen molar-refractivity contribution in [1.82, 2.24) is 0 Å². The van der Waals surface area contributed by atoms with E-state index in [1.807, 2.05) is 55.5 Å². The van der Waals surface area contributed by atoms with Crippen LogP contribution in [0.15, 0.2) is 71.7 Å². The highest BCUT2D eigenvalue weighted by molar-refractivity contribution is 5.76. The van der Waals surface area contributed by atoms with Gasteiger partial charge in [0.15, 0.2) is 5.54 Å². The van der Waals surface area contributed by atoms with Crippen molar-refractivity contribution in [1.29, 1.82) is 0 Å². The first-order chi connectivity index (χ1) is 16.4. The van der Waals surface area contributed by atoms with Gasteiger partial charge in [0.05, 0.1) is 6.61 Å². The maximum absolute atomic E-state index is 12.8. The molecule has 0 amide bonds. The predicted molar refractivity (Wildman–Crippen MR) is 128 cm³/mol. The fourth-order valence-electron chi connectivity index (χ4n) is 4.02. The second-order valence-corrected chi connectivity index (χ2v) is 8.00. The monoisotopic (exact) mass is 467 g/mol. The molecule has 0 aliphatic carbocycles. The van der Waals surface area contributed by atoms with Crippen LogP contribution in [-0.4, -0.2) is 25.8 Å². The molecule has 4 rings (SSSR count). The van der Waals surface area contributed by atoms with E-state index in [0.717, 1.165) is 28.1 Å². The third-order valence-corrected chi connectivity index (χ3v) is 5.60. The molecular formula is C26H27F2N3O3. The first-order valence-corrected chi connectivity index (χ1v) is 11.0. The molecule has 1 aliphatic heterocycles. The number of amidine groups is 1. The zero-order valence-electron chi connectivity index (χ0n) is 19.1. The van der Waals surface area contributed by atoms with Gasteiger partial charge in [-0.3, -0.25) is 0 Å². The van der Waals surface area contributed by atoms with E-state index in [-0.39, 0.29) is 18.4 Å². The molecule has 0 unspecified atom stereocenters. The molecule has 0 bridgehead atoms. The van der Waals surface area contributed by atoms with Crippen molar-refractivity contribution in [2.45, 2.75) is 32.6 Å². The zero-order chi connectivity index (χ0) is 24.1. The predicted octanol–water partition coefficient (Wildman–Crippen LogP) is 5.47. The van der Waals surface area contributed by atoms with Crippen molar-refractivity contribution in [3.05, 3.63) is 89.0 Å². The number of nitrogens with one attached hydrogen (secondary N) is 1. The lowest BCUT2D eigenvalue weighted by Gasteiger charge is -2.27. The molecule has 0 fully saturated rings. The van der Waals surface area contributed by atoms with Gasteiger partial charge >= 0.3 is 6.61 Å². The van der Waals surface area contributed by atoms with Crippen LogP contribution < -0.4 is 15.8 Å². The van der Waals surface area contributed by atoms with Crippen LogP contribution in [0.5, 0.6) is 5.75 Å². The first-order valence-electron chi connectivity index (χ1n) is 11.0. The molecule has 1 aliphatic rings. The van der Waals surface area contributed by atoms with E-state index in [1.165, 1.54) is 6.07 Å². The number of para-hydroxylation sites is 1. The van der Waals surface area contributed by atoms with E-state index in [1.54, 1.807) is 19.1 Å². The first kappa shape index (κ1) is 23.5. The molecule has 0 aromatic heterocycles. The van der Waals surface area contributed by atoms with E-state index in [4.69, 9.17) is 15.2 Å². The summed E-state index contributed by atoms with van der Waals surface area (Å²) in [6.07, 6.45) is 0. The van der Waals surface area contributed by atoms with Crippen molar-refractivity contribution in [3.63, 3.8) is 0 Å². The summed E-state index contributed by atoms with van der Waals surface area (Å²) < 4.78 is 41.4. The Balaban J connectivity index is 1.80. The Morgan fingerprint density at radius 1 is 1.06 bits per heavy atom. The molecule has 3 aromatic rings. The largest absolute Gasteiger partial charge is 0.462 e. The SMILES string of the molecule is CCOCc1cc(Nc2ccccc2)cc([C@@]2(c3ccc(OC(F)F)c(C)c3)COC(N)=N2)c1. The van der Waals surface area contributed by atoms with E-state index >= 15 is 0 Å². The van der Waals surface area contributed by atoms with Crippen molar-refractivity contribution >= 4 is 17.4 Å². The van der Waals surface area contributed by atoms with Crippen molar-refractivity contribution in [3.8, 4) is 5.75 Å². The molecule has 6 nitrogen and oxygen atoms in total. The van der Waals surface area contributed by atoms with Crippen molar-refractivity contribution in [2.24, 2.45) is 10.7 Å². The molecular weight excluding hydrogens is 440 g/mol. The number of nitrogens with zero attached hydrogens (tertiary/aromatic N) is 1. The highest BCUT2D eigenvalue weighted by atomic mass is 19.3. The van der Waals surface area contributed by atoms with Gasteiger partial charge in [0.1, 0.15) is 12.4 Å². The van der Waals surface area contributed by atoms with Gasteiger partial charge in [-0.1, -0.05) is 30.3 Å². The number of ether oxygens (including phenoxy) is 3. The summed E-state index contributed by atoms with van der Waals surface area (Å²) in [5.74, 6) is 0.112. The lowest BCUT2D eigenvalue weighted by atomic mass is 9.82. The molecule has 3 aromatic carbocycles. The Labute approximate surface area is 197 Å². The third kappa shape index (κ3) is 5.12. The number of aryl methyl sites for hydroxylation is 1. The summed E-state index contributed by atoms with van der Waals surface area (Å²) >= 11 is 0. The lowest BCUT2D eigenvalue weighted by Crippen LogP contribution is -2.27. The number of benzene rings is 3. The fraction of sp³-hybridized carbons (Fsp3) is 0.269. The Kier molecular flexibility index (Phi) is 6.98. The zero-order valence-corrected chi connectivity index (χ0v) is 19.1. The number of aliphatic imine (C=N–C) groups is 1. The Bertz CT molecular complexity index is 1170. The van der Waals surface area contributed by atoms with Crippen LogP contribution in [0.25, 0.3) is 0 Å². The summed E-state index contributed by atoms with van der Waals surface area (Å²) in [5.41, 5.74) is 9.91. The maximum atomic E-state index is 12.8. The molecule has 178 valence electrons. The number of hydrogen-bond donors (Lipinski definition) is 2. The minimum Gasteiger partial charge on any atom is -0.462 e. The number of hydrogen-bond acceptors (Lipinski definition) is 6. The molecule has 34 heavy (non-hydrogen) atoms. The Hall–Kier alpha value is -3.65. The van der Waals surface area contributed by atoms with Gasteiger partial charge in [0.2, 0.25) is 0 Å². The Morgan fingerprint density at radius 2 is 1.85 bits per heavy atom. The number of alkyl halides is 2. The molecule has 0 saturated carbocycles. The topological polar surface area (TPSA) is 78.1 Å². The summed E-state index contributed by atoms with van der Waals surface area (Å²) in [4.78, 5) is 4.68. The van der Waals surface area contributed by atoms with Crippen LogP contribution in [0.3, 0.4) is 0 Å². The van der Waals surface area contributed by atoms with Crippen LogP contribution >= 0.6 is 0 Å². The maximum Gasteiger partial charge on any atom is 0.387 e. The normalized spacial score (nSPS) is 17.4. The standard InChI is InChI=1S/C26H27F2N3O3/c1-3-32-15-18-12-20(14-22(13-18)30-21-7-5-4-6-8-21)26(16-33-25(29)31-26)19-9-10-23(17(2)11-19)34-24(27)28/h4-14,24,30H,3,15-16H2,1-2H3,(H2,29,31)/t26-/m0/s1. The van der Waals surface area contributed by atoms with E-state index < -0.39 is 12.2 Å². The van der Waals surface area contributed by atoms with Gasteiger partial charge in [-0.25, -0.2) is 4.99 Å². The molecule has 1 heterocycles. The lowest BCUT2D eigenvalue weighted by molar-refractivity contribution is -0.0503. The fourth-order valence-corrected chi connectivity index (χ4v) is 4.02. The van der Waals surface area contributed by atoms with Gasteiger partial charge in [-0.05, 0) is 72.5 Å². The summed E-state index contributed by atoms with van der Waals surface area (Å²) in [6.45, 7) is 1.93. The number of rotatable bonds is 9. The third-order valence-electron chi connectivity index (χ3n) is 5.60. The second kappa shape index (κ2) is 10.1. The van der Waals surface area contributed by atoms with E-state index in [2.05, 4.69) is 15.0 Å². The van der Waals surface area contributed by atoms with Gasteiger partial charge in [0, 0.05) is 18.0 Å². The van der Waals surface area contributed by atoms with Gasteiger partial charge < -0.3 is 25.3 Å². The van der Waals surface area contributed by atoms with Gasteiger partial charge in [0.25, 0.3) is 6.02 Å². The molecule has 1 atom stereocenters. The average Bonchev–Trinajstić information content (AvgIpc) is 3.22. The molecule has 0 saturated heterocycles. The van der Waals surface area contributed by atoms with Gasteiger partial charge in [-0.2, -0.15) is 8.78 Å². The van der Waals surface area contributed by atoms with E-state index in [9.17, 15) is 8.78 Å². The highest BCUT2D eigenvalue weighted by Crippen LogP contribution is 2.41. The van der Waals surface area contributed by atoms with Gasteiger partial charge in [-0.15, -0.1) is 0 Å². The van der Waals surface area contributed by atoms with Crippen LogP contribution in [0.4, 0.5) is 20.2 Å². The smallest absolute Gasteiger partial charge is 0.387 e. The van der Waals surface area contributed by atoms with Crippen molar-refractivity contribution < 1.29 is 23.0 Å². The molecule has 8 heteroatoms. The van der Waals surface area contributed by atoms with Crippen LogP contribution in [0.2, 0.25) is 0 Å². The van der Waals surface area contributed by atoms with Crippen LogP contribution in [-0.2, 0) is 21.6 Å². The highest BCUT2D eigenvalue weighted by Gasteiger charge is 2.41. The van der Waals surface area contributed by atoms with Crippen LogP contribution in [0.1, 0.15) is 29.2 Å². The quantitative estimate of drug-likeness (QED) is 0.437. The summed E-state index contributed by atoms with van der Waals surface area (Å²) in [6, 6.07) is 20.9. The number of halogens is 2. The molecule has 0 spiro atoms. The van der Waals surface area contributed by atoms with E-state index in [0.29, 0.717) is 18.8 Å². The minimum absolute atomic E-state index is 0.0679. The molecule has 0 radical (unpaired) electrons. The van der Waals surface area contributed by atoms with Crippen molar-refractivity contribution in [2.75, 3.05) is 18.5 Å². The summed E-state index contributed by atoms with van der Waals surface area (Å²) in [7, 11) is 0. The number of nitrogens with two attached hydrogens (primary N) is 1. The average molecular weight is 468 g/mol. The van der Waals surface area contributed by atoms with Crippen LogP contribution in [0, 0.1) is 6.92 Å².